The van der Waals surface area contributed by atoms with Crippen LogP contribution in [0, 0.1) is 5.92 Å². The summed E-state index contributed by atoms with van der Waals surface area (Å²) < 4.78 is 33.0. The molecular formula is C27H34N2O3SSi. The Morgan fingerprint density at radius 1 is 0.941 bits per heavy atom. The molecule has 0 aliphatic rings. The molecule has 2 atom stereocenters. The van der Waals surface area contributed by atoms with Crippen molar-refractivity contribution in [3.05, 3.63) is 91.8 Å². The second kappa shape index (κ2) is 10.8. The highest BCUT2D eigenvalue weighted by Gasteiger charge is 2.50. The van der Waals surface area contributed by atoms with Gasteiger partial charge in [0.25, 0.3) is 8.32 Å². The minimum atomic E-state index is -3.64. The van der Waals surface area contributed by atoms with Crippen LogP contribution in [0.3, 0.4) is 0 Å². The average Bonchev–Trinajstić information content (AvgIpc) is 2.84. The van der Waals surface area contributed by atoms with Gasteiger partial charge in [-0.25, -0.2) is 18.4 Å². The summed E-state index contributed by atoms with van der Waals surface area (Å²) >= 11 is 0. The molecule has 34 heavy (non-hydrogen) atoms. The largest absolute Gasteiger partial charge is 0.407 e. The van der Waals surface area contributed by atoms with E-state index in [4.69, 9.17) is 4.43 Å². The molecule has 5 nitrogen and oxygen atoms in total. The van der Waals surface area contributed by atoms with Gasteiger partial charge in [-0.3, -0.25) is 0 Å². The van der Waals surface area contributed by atoms with E-state index in [0.717, 1.165) is 0 Å². The smallest absolute Gasteiger partial charge is 0.261 e. The van der Waals surface area contributed by atoms with Crippen LogP contribution in [-0.4, -0.2) is 38.6 Å². The monoisotopic (exact) mass is 494 g/mol. The van der Waals surface area contributed by atoms with Crippen molar-refractivity contribution in [2.24, 2.45) is 5.92 Å². The first-order valence-electron chi connectivity index (χ1n) is 11.5. The van der Waals surface area contributed by atoms with Gasteiger partial charge in [0.1, 0.15) is 0 Å². The van der Waals surface area contributed by atoms with Crippen molar-refractivity contribution in [2.75, 3.05) is 6.61 Å². The highest BCUT2D eigenvalue weighted by Crippen LogP contribution is 2.37. The zero-order valence-corrected chi connectivity index (χ0v) is 22.2. The lowest BCUT2D eigenvalue weighted by Crippen LogP contribution is -2.66. The number of rotatable bonds is 10. The molecule has 0 aliphatic carbocycles. The minimum absolute atomic E-state index is 0.141. The van der Waals surface area contributed by atoms with Crippen LogP contribution in [0.25, 0.3) is 0 Å². The lowest BCUT2D eigenvalue weighted by Gasteiger charge is -2.43. The fourth-order valence-corrected chi connectivity index (χ4v) is 10.3. The third kappa shape index (κ3) is 5.37. The molecule has 3 rings (SSSR count). The lowest BCUT2D eigenvalue weighted by molar-refractivity contribution is 0.252. The first-order valence-corrected chi connectivity index (χ1v) is 15.0. The molecule has 0 spiro atoms. The molecule has 3 aromatic rings. The maximum Gasteiger partial charge on any atom is 0.261 e. The molecule has 0 saturated carbocycles. The topological polar surface area (TPSA) is 69.2 Å². The highest BCUT2D eigenvalue weighted by molar-refractivity contribution is 7.91. The number of nitrogens with zero attached hydrogens (tertiary/aromatic N) is 2. The second-order valence-electron chi connectivity index (χ2n) is 9.59. The zero-order chi connectivity index (χ0) is 24.8. The van der Waals surface area contributed by atoms with Gasteiger partial charge >= 0.3 is 0 Å². The molecule has 0 saturated heterocycles. The Balaban J connectivity index is 1.92. The van der Waals surface area contributed by atoms with Crippen molar-refractivity contribution in [3.63, 3.8) is 0 Å². The maximum atomic E-state index is 13.0. The van der Waals surface area contributed by atoms with E-state index >= 15 is 0 Å². The Kier molecular flexibility index (Phi) is 8.23. The van der Waals surface area contributed by atoms with Gasteiger partial charge < -0.3 is 4.43 Å². The third-order valence-corrected chi connectivity index (χ3v) is 13.2. The van der Waals surface area contributed by atoms with Gasteiger partial charge in [-0.2, -0.15) is 0 Å². The van der Waals surface area contributed by atoms with E-state index in [1.807, 2.05) is 12.1 Å². The molecule has 0 radical (unpaired) electrons. The Morgan fingerprint density at radius 2 is 1.44 bits per heavy atom. The molecule has 1 aromatic heterocycles. The molecule has 0 fully saturated rings. The van der Waals surface area contributed by atoms with Gasteiger partial charge in [0.2, 0.25) is 15.0 Å². The Labute approximate surface area is 205 Å². The summed E-state index contributed by atoms with van der Waals surface area (Å²) in [6.07, 6.45) is 5.07. The van der Waals surface area contributed by atoms with E-state index in [9.17, 15) is 8.42 Å². The molecule has 2 aromatic carbocycles. The molecule has 1 heterocycles. The molecule has 0 aliphatic heterocycles. The van der Waals surface area contributed by atoms with Gasteiger partial charge in [0, 0.05) is 19.0 Å². The van der Waals surface area contributed by atoms with Crippen LogP contribution < -0.4 is 10.4 Å². The maximum absolute atomic E-state index is 13.0. The molecule has 0 amide bonds. The summed E-state index contributed by atoms with van der Waals surface area (Å²) in [6, 6.07) is 22.4. The molecule has 0 unspecified atom stereocenters. The van der Waals surface area contributed by atoms with E-state index in [-0.39, 0.29) is 16.1 Å². The van der Waals surface area contributed by atoms with E-state index in [0.29, 0.717) is 13.0 Å². The number of hydrogen-bond donors (Lipinski definition) is 0. The lowest BCUT2D eigenvalue weighted by atomic mass is 10.1. The van der Waals surface area contributed by atoms with Crippen LogP contribution in [0.1, 0.15) is 34.1 Å². The molecule has 0 bridgehead atoms. The van der Waals surface area contributed by atoms with E-state index in [2.05, 4.69) is 85.8 Å². The minimum Gasteiger partial charge on any atom is -0.407 e. The predicted molar refractivity (Wildman–Crippen MR) is 141 cm³/mol. The second-order valence-corrected chi connectivity index (χ2v) is 16.2. The SMILES string of the molecule is C=C[C@@H](CO[Si](c1ccccc1)(c1ccccc1)C(C)(C)C)C[C@@H](C)S(=O)(=O)c1ncccn1. The standard InChI is InChI=1S/C27H34N2O3SSi/c1-6-23(20-22(2)33(30,31)26-28-18-13-19-29-26)21-32-34(27(3,4)5,24-14-9-7-10-15-24)25-16-11-8-12-17-25/h6-19,22-23H,1,20-21H2,2-5H3/t22-,23-/m1/s1. The van der Waals surface area contributed by atoms with Gasteiger partial charge in [0.15, 0.2) is 0 Å². The summed E-state index contributed by atoms with van der Waals surface area (Å²) in [5.41, 5.74) is 0. The normalized spacial score (nSPS) is 14.4. The highest BCUT2D eigenvalue weighted by atomic mass is 32.2. The van der Waals surface area contributed by atoms with Crippen molar-refractivity contribution >= 4 is 28.5 Å². The van der Waals surface area contributed by atoms with E-state index in [1.165, 1.54) is 22.8 Å². The van der Waals surface area contributed by atoms with Crippen molar-refractivity contribution in [2.45, 2.75) is 49.6 Å². The summed E-state index contributed by atoms with van der Waals surface area (Å²) in [5, 5.41) is 1.42. The molecule has 7 heteroatoms. The Hall–Kier alpha value is -2.61. The van der Waals surface area contributed by atoms with Crippen LogP contribution in [-0.2, 0) is 14.3 Å². The fraction of sp³-hybridized carbons (Fsp3) is 0.333. The average molecular weight is 495 g/mol. The van der Waals surface area contributed by atoms with Gasteiger partial charge in [-0.1, -0.05) is 87.5 Å². The van der Waals surface area contributed by atoms with Crippen LogP contribution >= 0.6 is 0 Å². The van der Waals surface area contributed by atoms with Crippen LogP contribution in [0.4, 0.5) is 0 Å². The van der Waals surface area contributed by atoms with E-state index in [1.54, 1.807) is 19.1 Å². The first-order chi connectivity index (χ1) is 16.1. The number of sulfone groups is 1. The van der Waals surface area contributed by atoms with Crippen molar-refractivity contribution in [1.29, 1.82) is 0 Å². The molecular weight excluding hydrogens is 460 g/mol. The summed E-state index contributed by atoms with van der Waals surface area (Å²) in [5.74, 6) is -0.143. The summed E-state index contributed by atoms with van der Waals surface area (Å²) in [7, 11) is -6.36. The Bertz CT molecular complexity index is 1130. The fourth-order valence-electron chi connectivity index (χ4n) is 4.39. The van der Waals surface area contributed by atoms with Crippen molar-refractivity contribution in [3.8, 4) is 0 Å². The van der Waals surface area contributed by atoms with Crippen LogP contribution in [0.15, 0.2) is 96.9 Å². The zero-order valence-electron chi connectivity index (χ0n) is 20.4. The predicted octanol–water partition coefficient (Wildman–Crippen LogP) is 4.41. The first kappa shape index (κ1) is 26.0. The molecule has 0 N–H and O–H groups in total. The van der Waals surface area contributed by atoms with Gasteiger partial charge in [-0.15, -0.1) is 6.58 Å². The van der Waals surface area contributed by atoms with Crippen LogP contribution in [0.5, 0.6) is 0 Å². The van der Waals surface area contributed by atoms with Crippen LogP contribution in [0.2, 0.25) is 5.04 Å². The number of hydrogen-bond acceptors (Lipinski definition) is 5. The summed E-state index contributed by atoms with van der Waals surface area (Å²) in [4.78, 5) is 7.90. The van der Waals surface area contributed by atoms with Gasteiger partial charge in [0.05, 0.1) is 5.25 Å². The molecule has 180 valence electrons. The van der Waals surface area contributed by atoms with Crippen molar-refractivity contribution in [1.82, 2.24) is 9.97 Å². The quantitative estimate of drug-likeness (QED) is 0.237. The van der Waals surface area contributed by atoms with Crippen molar-refractivity contribution < 1.29 is 12.8 Å². The van der Waals surface area contributed by atoms with Gasteiger partial charge in [-0.05, 0) is 40.7 Å². The third-order valence-electron chi connectivity index (χ3n) is 6.23. The number of aromatic nitrogens is 2. The number of benzene rings is 2. The Morgan fingerprint density at radius 3 is 1.88 bits per heavy atom. The summed E-state index contributed by atoms with van der Waals surface area (Å²) in [6.45, 7) is 12.7. The van der Waals surface area contributed by atoms with E-state index < -0.39 is 23.4 Å².